The van der Waals surface area contributed by atoms with E-state index in [-0.39, 0.29) is 18.4 Å². The Morgan fingerprint density at radius 3 is 2.58 bits per heavy atom. The van der Waals surface area contributed by atoms with Gasteiger partial charge in [-0.2, -0.15) is 0 Å². The maximum atomic E-state index is 14.2. The van der Waals surface area contributed by atoms with Gasteiger partial charge >= 0.3 is 5.97 Å². The number of para-hydroxylation sites is 1. The Morgan fingerprint density at radius 2 is 1.81 bits per heavy atom. The van der Waals surface area contributed by atoms with Crippen LogP contribution in [0.1, 0.15) is 30.4 Å². The summed E-state index contributed by atoms with van der Waals surface area (Å²) in [5, 5.41) is 12.5. The van der Waals surface area contributed by atoms with Crippen LogP contribution < -0.4 is 10.1 Å². The van der Waals surface area contributed by atoms with E-state index in [2.05, 4.69) is 5.32 Å². The molecule has 0 saturated heterocycles. The van der Waals surface area contributed by atoms with Gasteiger partial charge in [-0.15, -0.1) is 0 Å². The van der Waals surface area contributed by atoms with Crippen molar-refractivity contribution in [3.05, 3.63) is 65.2 Å². The number of carboxylic acid groups (broad SMARTS) is 1. The van der Waals surface area contributed by atoms with Crippen molar-refractivity contribution in [2.45, 2.75) is 38.5 Å². The largest absolute Gasteiger partial charge is 0.485 e. The van der Waals surface area contributed by atoms with Crippen LogP contribution in [0, 0.1) is 17.6 Å². The highest BCUT2D eigenvalue weighted by Crippen LogP contribution is 2.28. The second-order valence-electron chi connectivity index (χ2n) is 6.47. The maximum absolute atomic E-state index is 14.2. The van der Waals surface area contributed by atoms with Crippen LogP contribution in [0.4, 0.5) is 8.78 Å². The molecule has 6 heteroatoms. The Bertz CT molecular complexity index is 781. The third kappa shape index (κ3) is 4.19. The van der Waals surface area contributed by atoms with E-state index < -0.39 is 23.5 Å². The van der Waals surface area contributed by atoms with Gasteiger partial charge in [-0.05, 0) is 25.0 Å². The smallest absolute Gasteiger partial charge is 0.308 e. The fraction of sp³-hybridized carbons (Fsp3) is 0.350. The van der Waals surface area contributed by atoms with Crippen molar-refractivity contribution in [1.82, 2.24) is 5.32 Å². The highest BCUT2D eigenvalue weighted by atomic mass is 19.1. The molecular formula is C20H21F2NO3. The molecule has 2 aromatic carbocycles. The lowest BCUT2D eigenvalue weighted by Crippen LogP contribution is -2.35. The number of aliphatic carboxylic acids is 1. The molecule has 0 amide bonds. The summed E-state index contributed by atoms with van der Waals surface area (Å²) in [5.41, 5.74) is 0.925. The lowest BCUT2D eigenvalue weighted by atomic mass is 10.0. The fourth-order valence-electron chi connectivity index (χ4n) is 3.36. The minimum absolute atomic E-state index is 0.0631. The number of carbonyl (C=O) groups is 1. The molecule has 0 aliphatic heterocycles. The van der Waals surface area contributed by atoms with Crippen LogP contribution in [0.2, 0.25) is 0 Å². The number of carboxylic acids is 1. The standard InChI is InChI=1S/C20H21F2NO3/c21-16-8-2-1-5-14(16)12-26-19-13(6-3-9-17(19)22)11-23-18-10-4-7-15(18)20(24)25/h1-3,5-6,8-9,15,18,23H,4,7,10-12H2,(H,24,25). The van der Waals surface area contributed by atoms with Gasteiger partial charge in [-0.1, -0.05) is 36.8 Å². The monoisotopic (exact) mass is 361 g/mol. The number of nitrogens with one attached hydrogen (secondary N) is 1. The Balaban J connectivity index is 1.69. The minimum Gasteiger partial charge on any atom is -0.485 e. The second-order valence-corrected chi connectivity index (χ2v) is 6.47. The molecule has 2 N–H and O–H groups in total. The van der Waals surface area contributed by atoms with Gasteiger partial charge in [0.05, 0.1) is 5.92 Å². The molecule has 4 nitrogen and oxygen atoms in total. The van der Waals surface area contributed by atoms with Crippen LogP contribution >= 0.6 is 0 Å². The minimum atomic E-state index is -0.810. The van der Waals surface area contributed by atoms with E-state index in [9.17, 15) is 18.7 Å². The highest BCUT2D eigenvalue weighted by Gasteiger charge is 2.32. The molecule has 0 bridgehead atoms. The van der Waals surface area contributed by atoms with Crippen LogP contribution in [0.3, 0.4) is 0 Å². The van der Waals surface area contributed by atoms with Crippen molar-refractivity contribution in [3.63, 3.8) is 0 Å². The van der Waals surface area contributed by atoms with Crippen molar-refractivity contribution in [1.29, 1.82) is 0 Å². The fourth-order valence-corrected chi connectivity index (χ4v) is 3.36. The molecule has 2 atom stereocenters. The van der Waals surface area contributed by atoms with E-state index in [1.165, 1.54) is 12.1 Å². The zero-order valence-electron chi connectivity index (χ0n) is 14.3. The van der Waals surface area contributed by atoms with Gasteiger partial charge in [0.2, 0.25) is 0 Å². The SMILES string of the molecule is O=C(O)C1CCCC1NCc1cccc(F)c1OCc1ccccc1F. The van der Waals surface area contributed by atoms with E-state index in [1.807, 2.05) is 0 Å². The molecule has 1 fully saturated rings. The number of halogens is 2. The average Bonchev–Trinajstić information content (AvgIpc) is 3.09. The molecule has 2 aromatic rings. The van der Waals surface area contributed by atoms with Crippen molar-refractivity contribution >= 4 is 5.97 Å². The molecule has 1 aliphatic rings. The van der Waals surface area contributed by atoms with E-state index in [4.69, 9.17) is 4.74 Å². The summed E-state index contributed by atoms with van der Waals surface area (Å²) in [5.74, 6) is -2.10. The van der Waals surface area contributed by atoms with Gasteiger partial charge in [-0.25, -0.2) is 8.78 Å². The van der Waals surface area contributed by atoms with Crippen LogP contribution in [0.15, 0.2) is 42.5 Å². The first-order chi connectivity index (χ1) is 12.6. The summed E-state index contributed by atoms with van der Waals surface area (Å²) in [6.45, 7) is 0.209. The van der Waals surface area contributed by atoms with Gasteiger partial charge in [-0.3, -0.25) is 4.79 Å². The predicted octanol–water partition coefficient (Wildman–Crippen LogP) is 3.89. The molecular weight excluding hydrogens is 340 g/mol. The molecule has 0 spiro atoms. The van der Waals surface area contributed by atoms with E-state index >= 15 is 0 Å². The predicted molar refractivity (Wildman–Crippen MR) is 92.7 cm³/mol. The number of benzene rings is 2. The highest BCUT2D eigenvalue weighted by molar-refractivity contribution is 5.71. The number of rotatable bonds is 7. The van der Waals surface area contributed by atoms with Crippen molar-refractivity contribution in [2.24, 2.45) is 5.92 Å². The first-order valence-corrected chi connectivity index (χ1v) is 8.66. The zero-order chi connectivity index (χ0) is 18.5. The van der Waals surface area contributed by atoms with Crippen molar-refractivity contribution in [2.75, 3.05) is 0 Å². The van der Waals surface area contributed by atoms with Crippen LogP contribution in [0.25, 0.3) is 0 Å². The summed E-state index contributed by atoms with van der Waals surface area (Å²) in [6.07, 6.45) is 2.28. The van der Waals surface area contributed by atoms with Crippen molar-refractivity contribution < 1.29 is 23.4 Å². The lowest BCUT2D eigenvalue weighted by Gasteiger charge is -2.19. The number of hydrogen-bond donors (Lipinski definition) is 2. The molecule has 0 aromatic heterocycles. The number of ether oxygens (including phenoxy) is 1. The summed E-state index contributed by atoms with van der Waals surface area (Å²) in [4.78, 5) is 11.3. The molecule has 0 heterocycles. The molecule has 2 unspecified atom stereocenters. The first kappa shape index (κ1) is 18.3. The topological polar surface area (TPSA) is 58.6 Å². The molecule has 0 radical (unpaired) electrons. The number of hydrogen-bond acceptors (Lipinski definition) is 3. The third-order valence-corrected chi connectivity index (χ3v) is 4.77. The van der Waals surface area contributed by atoms with Crippen LogP contribution in [-0.4, -0.2) is 17.1 Å². The maximum Gasteiger partial charge on any atom is 0.308 e. The van der Waals surface area contributed by atoms with Gasteiger partial charge in [0, 0.05) is 23.7 Å². The molecule has 1 saturated carbocycles. The van der Waals surface area contributed by atoms with Gasteiger partial charge in [0.1, 0.15) is 12.4 Å². The second kappa shape index (κ2) is 8.27. The molecule has 1 aliphatic carbocycles. The van der Waals surface area contributed by atoms with Gasteiger partial charge in [0.15, 0.2) is 11.6 Å². The zero-order valence-corrected chi connectivity index (χ0v) is 14.3. The van der Waals surface area contributed by atoms with Crippen LogP contribution in [-0.2, 0) is 17.9 Å². The summed E-state index contributed by atoms with van der Waals surface area (Å²) < 4.78 is 33.5. The summed E-state index contributed by atoms with van der Waals surface area (Å²) in [7, 11) is 0. The quantitative estimate of drug-likeness (QED) is 0.786. The molecule has 3 rings (SSSR count). The van der Waals surface area contributed by atoms with E-state index in [1.54, 1.807) is 30.3 Å². The summed E-state index contributed by atoms with van der Waals surface area (Å²) >= 11 is 0. The third-order valence-electron chi connectivity index (χ3n) is 4.77. The Morgan fingerprint density at radius 1 is 1.08 bits per heavy atom. The van der Waals surface area contributed by atoms with E-state index in [0.29, 0.717) is 24.1 Å². The van der Waals surface area contributed by atoms with Crippen LogP contribution in [0.5, 0.6) is 5.75 Å². The Labute approximate surface area is 150 Å². The average molecular weight is 361 g/mol. The first-order valence-electron chi connectivity index (χ1n) is 8.66. The van der Waals surface area contributed by atoms with Crippen molar-refractivity contribution in [3.8, 4) is 5.75 Å². The molecule has 26 heavy (non-hydrogen) atoms. The lowest BCUT2D eigenvalue weighted by molar-refractivity contribution is -0.142. The summed E-state index contributed by atoms with van der Waals surface area (Å²) in [6, 6.07) is 10.6. The van der Waals surface area contributed by atoms with E-state index in [0.717, 1.165) is 12.8 Å². The Hall–Kier alpha value is -2.47. The normalized spacial score (nSPS) is 19.5. The van der Waals surface area contributed by atoms with Gasteiger partial charge in [0.25, 0.3) is 0 Å². The van der Waals surface area contributed by atoms with Gasteiger partial charge < -0.3 is 15.2 Å². The molecule has 138 valence electrons. The Kier molecular flexibility index (Phi) is 5.83.